The van der Waals surface area contributed by atoms with E-state index in [0.717, 1.165) is 10.5 Å². The minimum absolute atomic E-state index is 0.113. The highest BCUT2D eigenvalue weighted by Crippen LogP contribution is 2.28. The number of nitrogens with one attached hydrogen (secondary N) is 1. The zero-order valence-electron chi connectivity index (χ0n) is 14.8. The van der Waals surface area contributed by atoms with Crippen LogP contribution < -0.4 is 15.0 Å². The molecule has 0 bridgehead atoms. The van der Waals surface area contributed by atoms with Crippen LogP contribution in [0.3, 0.4) is 0 Å². The number of halogens is 1. The number of ether oxygens (including phenoxy) is 1. The first kappa shape index (κ1) is 18.8. The third kappa shape index (κ3) is 3.64. The van der Waals surface area contributed by atoms with E-state index < -0.39 is 17.8 Å². The number of methoxy groups -OCH3 is 1. The molecule has 6 nitrogen and oxygen atoms in total. The van der Waals surface area contributed by atoms with Gasteiger partial charge in [-0.05, 0) is 57.8 Å². The summed E-state index contributed by atoms with van der Waals surface area (Å²) in [6.45, 7) is 1.93. The van der Waals surface area contributed by atoms with Crippen molar-refractivity contribution in [3.8, 4) is 5.75 Å². The lowest BCUT2D eigenvalue weighted by atomic mass is 10.0. The van der Waals surface area contributed by atoms with Crippen molar-refractivity contribution in [2.75, 3.05) is 12.0 Å². The van der Waals surface area contributed by atoms with Gasteiger partial charge in [-0.15, -0.1) is 0 Å². The molecule has 0 unspecified atom stereocenters. The van der Waals surface area contributed by atoms with Crippen LogP contribution in [-0.2, 0) is 16.0 Å². The van der Waals surface area contributed by atoms with Crippen molar-refractivity contribution in [2.45, 2.75) is 13.3 Å². The third-order valence-electron chi connectivity index (χ3n) is 4.20. The van der Waals surface area contributed by atoms with Crippen LogP contribution in [0.5, 0.6) is 5.75 Å². The molecule has 0 atom stereocenters. The molecule has 1 aliphatic rings. The molecule has 1 saturated heterocycles. The van der Waals surface area contributed by atoms with Crippen LogP contribution in [0.1, 0.15) is 18.1 Å². The minimum atomic E-state index is -0.751. The first-order valence-corrected chi connectivity index (χ1v) is 9.08. The van der Waals surface area contributed by atoms with E-state index in [-0.39, 0.29) is 5.57 Å². The molecular formula is C20H17BrN2O4. The van der Waals surface area contributed by atoms with Crippen LogP contribution in [0.2, 0.25) is 0 Å². The van der Waals surface area contributed by atoms with Gasteiger partial charge in [0.05, 0.1) is 17.3 Å². The van der Waals surface area contributed by atoms with Gasteiger partial charge in [-0.2, -0.15) is 0 Å². The molecule has 3 rings (SSSR count). The number of anilines is 1. The van der Waals surface area contributed by atoms with Crippen molar-refractivity contribution in [1.29, 1.82) is 0 Å². The van der Waals surface area contributed by atoms with E-state index in [1.165, 1.54) is 6.08 Å². The Morgan fingerprint density at radius 3 is 2.56 bits per heavy atom. The smallest absolute Gasteiger partial charge is 0.335 e. The Labute approximate surface area is 164 Å². The van der Waals surface area contributed by atoms with Crippen LogP contribution in [0.4, 0.5) is 10.5 Å². The van der Waals surface area contributed by atoms with Crippen molar-refractivity contribution in [1.82, 2.24) is 5.32 Å². The second-order valence-electron chi connectivity index (χ2n) is 5.83. The Bertz CT molecular complexity index is 968. The lowest BCUT2D eigenvalue weighted by Crippen LogP contribution is -2.54. The molecule has 0 radical (unpaired) electrons. The number of hydrogen-bond donors (Lipinski definition) is 1. The lowest BCUT2D eigenvalue weighted by molar-refractivity contribution is -0.122. The van der Waals surface area contributed by atoms with E-state index in [9.17, 15) is 14.4 Å². The standard InChI is InChI=1S/C20H17BrN2O4/c1-3-13-6-4-5-7-16(13)23-19(25)14(18(24)22-20(23)26)10-12-8-9-17(27-2)15(21)11-12/h4-11H,3H2,1-2H3,(H,22,24,26)/b14-10-. The Morgan fingerprint density at radius 1 is 1.15 bits per heavy atom. The predicted octanol–water partition coefficient (Wildman–Crippen LogP) is 3.69. The van der Waals surface area contributed by atoms with Crippen molar-refractivity contribution in [2.24, 2.45) is 0 Å². The number of imide groups is 2. The predicted molar refractivity (Wildman–Crippen MR) is 106 cm³/mol. The van der Waals surface area contributed by atoms with Crippen molar-refractivity contribution < 1.29 is 19.1 Å². The van der Waals surface area contributed by atoms with Gasteiger partial charge >= 0.3 is 6.03 Å². The molecular weight excluding hydrogens is 412 g/mol. The Kier molecular flexibility index (Phi) is 5.41. The van der Waals surface area contributed by atoms with Crippen molar-refractivity contribution in [3.05, 3.63) is 63.6 Å². The van der Waals surface area contributed by atoms with Crippen LogP contribution in [0.25, 0.3) is 6.08 Å². The number of barbiturate groups is 1. The summed E-state index contributed by atoms with van der Waals surface area (Å²) in [4.78, 5) is 38.6. The first-order valence-electron chi connectivity index (χ1n) is 8.29. The molecule has 138 valence electrons. The molecule has 0 aliphatic carbocycles. The maximum Gasteiger partial charge on any atom is 0.335 e. The first-order chi connectivity index (χ1) is 13.0. The van der Waals surface area contributed by atoms with Gasteiger partial charge in [0, 0.05) is 0 Å². The molecule has 2 aromatic rings. The summed E-state index contributed by atoms with van der Waals surface area (Å²) < 4.78 is 5.87. The summed E-state index contributed by atoms with van der Waals surface area (Å²) in [7, 11) is 1.55. The highest BCUT2D eigenvalue weighted by atomic mass is 79.9. The Hall–Kier alpha value is -2.93. The molecule has 0 spiro atoms. The van der Waals surface area contributed by atoms with Crippen molar-refractivity contribution in [3.63, 3.8) is 0 Å². The average molecular weight is 429 g/mol. The lowest BCUT2D eigenvalue weighted by Gasteiger charge is -2.28. The second kappa shape index (κ2) is 7.75. The fourth-order valence-electron chi connectivity index (χ4n) is 2.84. The van der Waals surface area contributed by atoms with E-state index in [1.807, 2.05) is 19.1 Å². The van der Waals surface area contributed by atoms with Crippen LogP contribution in [-0.4, -0.2) is 25.0 Å². The summed E-state index contributed by atoms with van der Waals surface area (Å²) in [6, 6.07) is 11.5. The molecule has 0 saturated carbocycles. The van der Waals surface area contributed by atoms with Gasteiger partial charge in [0.2, 0.25) is 0 Å². The van der Waals surface area contributed by atoms with Gasteiger partial charge in [0.1, 0.15) is 11.3 Å². The van der Waals surface area contributed by atoms with Gasteiger partial charge in [0.15, 0.2) is 0 Å². The number of rotatable bonds is 4. The molecule has 0 aromatic heterocycles. The normalized spacial score (nSPS) is 15.9. The van der Waals surface area contributed by atoms with Crippen LogP contribution >= 0.6 is 15.9 Å². The number of carbonyl (C=O) groups excluding carboxylic acids is 3. The van der Waals surface area contributed by atoms with Crippen LogP contribution in [0, 0.1) is 0 Å². The number of amides is 4. The number of urea groups is 1. The highest BCUT2D eigenvalue weighted by molar-refractivity contribution is 9.10. The van der Waals surface area contributed by atoms with E-state index in [0.29, 0.717) is 27.9 Å². The zero-order chi connectivity index (χ0) is 19.6. The quantitative estimate of drug-likeness (QED) is 0.594. The largest absolute Gasteiger partial charge is 0.496 e. The van der Waals surface area contributed by atoms with Crippen molar-refractivity contribution >= 4 is 45.5 Å². The zero-order valence-corrected chi connectivity index (χ0v) is 16.4. The van der Waals surface area contributed by atoms with E-state index in [2.05, 4.69) is 21.2 Å². The maximum atomic E-state index is 13.0. The monoisotopic (exact) mass is 428 g/mol. The number of para-hydroxylation sites is 1. The second-order valence-corrected chi connectivity index (χ2v) is 6.69. The van der Waals surface area contributed by atoms with Gasteiger partial charge in [0.25, 0.3) is 11.8 Å². The number of nitrogens with zero attached hydrogens (tertiary/aromatic N) is 1. The SMILES string of the molecule is CCc1ccccc1N1C(=O)NC(=O)/C(=C/c2ccc(OC)c(Br)c2)C1=O. The summed E-state index contributed by atoms with van der Waals surface area (Å²) in [5.74, 6) is -0.746. The molecule has 1 fully saturated rings. The number of carbonyl (C=O) groups is 3. The topological polar surface area (TPSA) is 75.7 Å². The summed E-state index contributed by atoms with van der Waals surface area (Å²) in [5, 5.41) is 2.24. The Morgan fingerprint density at radius 2 is 1.89 bits per heavy atom. The molecule has 7 heteroatoms. The van der Waals surface area contributed by atoms with E-state index >= 15 is 0 Å². The minimum Gasteiger partial charge on any atom is -0.496 e. The van der Waals surface area contributed by atoms with Gasteiger partial charge in [-0.25, -0.2) is 9.69 Å². The fourth-order valence-corrected chi connectivity index (χ4v) is 3.40. The molecule has 2 aromatic carbocycles. The summed E-state index contributed by atoms with van der Waals surface area (Å²) in [5.41, 5.74) is 1.82. The number of hydrogen-bond acceptors (Lipinski definition) is 4. The average Bonchev–Trinajstić information content (AvgIpc) is 2.65. The molecule has 4 amide bonds. The summed E-state index contributed by atoms with van der Waals surface area (Å²) in [6.07, 6.45) is 2.10. The van der Waals surface area contributed by atoms with Gasteiger partial charge in [-0.1, -0.05) is 31.2 Å². The number of benzene rings is 2. The van der Waals surface area contributed by atoms with Crippen LogP contribution in [0.15, 0.2) is 52.5 Å². The molecule has 1 heterocycles. The summed E-state index contributed by atoms with van der Waals surface area (Å²) >= 11 is 3.38. The van der Waals surface area contributed by atoms with E-state index in [1.54, 1.807) is 37.4 Å². The Balaban J connectivity index is 2.03. The third-order valence-corrected chi connectivity index (χ3v) is 4.82. The van der Waals surface area contributed by atoms with E-state index in [4.69, 9.17) is 4.74 Å². The molecule has 1 N–H and O–H groups in total. The highest BCUT2D eigenvalue weighted by Gasteiger charge is 2.37. The number of aryl methyl sites for hydroxylation is 1. The maximum absolute atomic E-state index is 13.0. The van der Waals surface area contributed by atoms with Gasteiger partial charge < -0.3 is 4.74 Å². The van der Waals surface area contributed by atoms with Gasteiger partial charge in [-0.3, -0.25) is 14.9 Å². The fraction of sp³-hybridized carbons (Fsp3) is 0.150. The molecule has 1 aliphatic heterocycles. The molecule has 27 heavy (non-hydrogen) atoms.